The van der Waals surface area contributed by atoms with Crippen LogP contribution in [0.2, 0.25) is 0 Å². The number of aryl methyl sites for hydroxylation is 1. The van der Waals surface area contributed by atoms with Gasteiger partial charge in [0, 0.05) is 50.7 Å². The average molecular weight is 419 g/mol. The van der Waals surface area contributed by atoms with Crippen LogP contribution in [0.1, 0.15) is 46.4 Å². The number of carbonyl (C=O) groups is 1. The van der Waals surface area contributed by atoms with Crippen LogP contribution in [-0.2, 0) is 17.7 Å². The van der Waals surface area contributed by atoms with Crippen molar-refractivity contribution in [3.8, 4) is 0 Å². The maximum Gasteiger partial charge on any atom is 0.263 e. The zero-order chi connectivity index (χ0) is 20.8. The van der Waals surface area contributed by atoms with Crippen LogP contribution in [0, 0.1) is 6.92 Å². The summed E-state index contributed by atoms with van der Waals surface area (Å²) in [6.45, 7) is 11.1. The minimum Gasteiger partial charge on any atom is -0.379 e. The number of rotatable bonds is 8. The van der Waals surface area contributed by atoms with Crippen LogP contribution in [0.4, 0.5) is 0 Å². The second kappa shape index (κ2) is 10.1. The van der Waals surface area contributed by atoms with Crippen LogP contribution in [0.15, 0.2) is 22.4 Å². The van der Waals surface area contributed by atoms with E-state index in [4.69, 9.17) is 4.74 Å². The number of nitrogens with one attached hydrogen (secondary N) is 1. The van der Waals surface area contributed by atoms with Gasteiger partial charge in [0.15, 0.2) is 0 Å². The smallest absolute Gasteiger partial charge is 0.263 e. The molecule has 2 aromatic heterocycles. The van der Waals surface area contributed by atoms with E-state index in [1.165, 1.54) is 0 Å². The Labute approximate surface area is 175 Å². The summed E-state index contributed by atoms with van der Waals surface area (Å²) in [5.41, 5.74) is 1.79. The normalized spacial score (nSPS) is 15.0. The number of hydrogen-bond acceptors (Lipinski definition) is 6. The molecule has 1 aliphatic heterocycles. The number of thiazole rings is 1. The van der Waals surface area contributed by atoms with Crippen LogP contribution in [0.25, 0.3) is 0 Å². The van der Waals surface area contributed by atoms with E-state index in [1.54, 1.807) is 29.0 Å². The monoisotopic (exact) mass is 418 g/mol. The van der Waals surface area contributed by atoms with Gasteiger partial charge in [-0.25, -0.2) is 4.98 Å². The lowest BCUT2D eigenvalue weighted by atomic mass is 10.1. The molecule has 0 aliphatic carbocycles. The molecule has 0 atom stereocenters. The van der Waals surface area contributed by atoms with Gasteiger partial charge in [-0.2, -0.15) is 0 Å². The Morgan fingerprint density at radius 2 is 2.07 bits per heavy atom. The first-order valence-corrected chi connectivity index (χ1v) is 11.1. The van der Waals surface area contributed by atoms with Crippen LogP contribution in [0.5, 0.6) is 0 Å². The molecule has 0 spiro atoms. The molecular weight excluding hydrogens is 388 g/mol. The molecule has 0 bridgehead atoms. The van der Waals surface area contributed by atoms with Gasteiger partial charge in [-0.3, -0.25) is 14.5 Å². The third-order valence-corrected chi connectivity index (χ3v) is 6.07. The van der Waals surface area contributed by atoms with E-state index < -0.39 is 0 Å². The number of ether oxygens (including phenoxy) is 1. The number of aromatic nitrogens is 2. The van der Waals surface area contributed by atoms with Crippen LogP contribution >= 0.6 is 11.3 Å². The van der Waals surface area contributed by atoms with Gasteiger partial charge in [-0.15, -0.1) is 11.3 Å². The minimum absolute atomic E-state index is 0.230. The highest BCUT2D eigenvalue weighted by Crippen LogP contribution is 2.17. The molecule has 29 heavy (non-hydrogen) atoms. The summed E-state index contributed by atoms with van der Waals surface area (Å²) in [6.07, 6.45) is 2.44. The zero-order valence-corrected chi connectivity index (χ0v) is 18.3. The van der Waals surface area contributed by atoms with Crippen LogP contribution in [0.3, 0.4) is 0 Å². The summed E-state index contributed by atoms with van der Waals surface area (Å²) in [5, 5.41) is 5.96. The predicted octanol–water partition coefficient (Wildman–Crippen LogP) is 2.04. The van der Waals surface area contributed by atoms with Gasteiger partial charge in [0.2, 0.25) is 0 Å². The Morgan fingerprint density at radius 3 is 2.76 bits per heavy atom. The van der Waals surface area contributed by atoms with Crippen molar-refractivity contribution in [3.63, 3.8) is 0 Å². The lowest BCUT2D eigenvalue weighted by Gasteiger charge is -2.26. The van der Waals surface area contributed by atoms with E-state index >= 15 is 0 Å². The molecule has 3 heterocycles. The highest BCUT2D eigenvalue weighted by atomic mass is 32.1. The Hall–Kier alpha value is -2.03. The van der Waals surface area contributed by atoms with Gasteiger partial charge in [-0.1, -0.05) is 13.8 Å². The average Bonchev–Trinajstić information content (AvgIpc) is 3.17. The zero-order valence-electron chi connectivity index (χ0n) is 17.4. The van der Waals surface area contributed by atoms with Gasteiger partial charge in [-0.05, 0) is 24.5 Å². The van der Waals surface area contributed by atoms with Crippen molar-refractivity contribution in [1.82, 2.24) is 19.8 Å². The van der Waals surface area contributed by atoms with Crippen molar-refractivity contribution in [1.29, 1.82) is 0 Å². The van der Waals surface area contributed by atoms with Gasteiger partial charge in [0.05, 0.1) is 23.9 Å². The number of hydrogen-bond donors (Lipinski definition) is 1. The van der Waals surface area contributed by atoms with Gasteiger partial charge in [0.1, 0.15) is 5.56 Å². The molecule has 158 valence electrons. The molecule has 1 aliphatic rings. The molecule has 1 amide bonds. The van der Waals surface area contributed by atoms with Crippen molar-refractivity contribution in [2.75, 3.05) is 39.4 Å². The largest absolute Gasteiger partial charge is 0.379 e. The van der Waals surface area contributed by atoms with Crippen molar-refractivity contribution in [2.45, 2.75) is 39.7 Å². The molecule has 7 nitrogen and oxygen atoms in total. The summed E-state index contributed by atoms with van der Waals surface area (Å²) in [5.74, 6) is 0.0892. The fourth-order valence-electron chi connectivity index (χ4n) is 3.27. The summed E-state index contributed by atoms with van der Waals surface area (Å²) in [6, 6.07) is 1.84. The van der Waals surface area contributed by atoms with E-state index in [-0.39, 0.29) is 17.0 Å². The fourth-order valence-corrected chi connectivity index (χ4v) is 4.23. The maximum atomic E-state index is 12.9. The Kier molecular flexibility index (Phi) is 7.57. The van der Waals surface area contributed by atoms with E-state index in [0.29, 0.717) is 31.0 Å². The second-order valence-corrected chi connectivity index (χ2v) is 8.60. The molecule has 1 saturated heterocycles. The Bertz CT molecular complexity index is 884. The Balaban J connectivity index is 1.59. The molecule has 0 aromatic carbocycles. The number of carbonyl (C=O) groups excluding carboxylic acids is 1. The first-order chi connectivity index (χ1) is 14.0. The van der Waals surface area contributed by atoms with Gasteiger partial charge in [0.25, 0.3) is 11.5 Å². The highest BCUT2D eigenvalue weighted by Gasteiger charge is 2.17. The minimum atomic E-state index is -0.311. The van der Waals surface area contributed by atoms with Crippen molar-refractivity contribution in [2.24, 2.45) is 0 Å². The van der Waals surface area contributed by atoms with Crippen LogP contribution < -0.4 is 10.9 Å². The molecule has 8 heteroatoms. The first kappa shape index (κ1) is 21.7. The summed E-state index contributed by atoms with van der Waals surface area (Å²) < 4.78 is 6.99. The maximum absolute atomic E-state index is 12.9. The molecule has 0 radical (unpaired) electrons. The molecule has 3 rings (SSSR count). The second-order valence-electron chi connectivity index (χ2n) is 7.65. The van der Waals surface area contributed by atoms with E-state index in [1.807, 2.05) is 6.07 Å². The lowest BCUT2D eigenvalue weighted by molar-refractivity contribution is 0.0362. The predicted molar refractivity (Wildman–Crippen MR) is 115 cm³/mol. The number of pyridine rings is 1. The molecule has 0 unspecified atom stereocenters. The van der Waals surface area contributed by atoms with E-state index in [2.05, 4.69) is 34.4 Å². The topological polar surface area (TPSA) is 76.5 Å². The number of amides is 1. The molecule has 0 saturated carbocycles. The van der Waals surface area contributed by atoms with E-state index in [0.717, 1.165) is 43.5 Å². The lowest BCUT2D eigenvalue weighted by Crippen LogP contribution is -2.40. The van der Waals surface area contributed by atoms with E-state index in [9.17, 15) is 9.59 Å². The quantitative estimate of drug-likeness (QED) is 0.710. The third-order valence-electron chi connectivity index (χ3n) is 5.15. The van der Waals surface area contributed by atoms with Crippen molar-refractivity contribution < 1.29 is 9.53 Å². The first-order valence-electron chi connectivity index (χ1n) is 10.2. The van der Waals surface area contributed by atoms with Gasteiger partial charge < -0.3 is 14.6 Å². The molecular formula is C21H30N4O3S. The SMILES string of the molecule is Cc1ccn(CCN2CCOCC2)c(=O)c1C(=O)NCCc1nc(C(C)C)cs1. The number of morpholine rings is 1. The standard InChI is InChI=1S/C21H30N4O3S/c1-15(2)17-14-29-18(23-17)4-6-22-20(26)19-16(3)5-7-25(21(19)27)9-8-24-10-12-28-13-11-24/h5,7,14-15H,4,6,8-13H2,1-3H3,(H,22,26). The highest BCUT2D eigenvalue weighted by molar-refractivity contribution is 7.09. The molecule has 2 aromatic rings. The Morgan fingerprint density at radius 1 is 1.31 bits per heavy atom. The summed E-state index contributed by atoms with van der Waals surface area (Å²) >= 11 is 1.61. The summed E-state index contributed by atoms with van der Waals surface area (Å²) in [4.78, 5) is 32.4. The summed E-state index contributed by atoms with van der Waals surface area (Å²) in [7, 11) is 0. The van der Waals surface area contributed by atoms with Crippen molar-refractivity contribution >= 4 is 17.2 Å². The number of nitrogens with zero attached hydrogens (tertiary/aromatic N) is 3. The fraction of sp³-hybridized carbons (Fsp3) is 0.571. The third kappa shape index (κ3) is 5.74. The van der Waals surface area contributed by atoms with Gasteiger partial charge >= 0.3 is 0 Å². The molecule has 1 N–H and O–H groups in total. The van der Waals surface area contributed by atoms with Crippen molar-refractivity contribution in [3.05, 3.63) is 49.8 Å². The molecule has 1 fully saturated rings. The van der Waals surface area contributed by atoms with Crippen LogP contribution in [-0.4, -0.2) is 59.8 Å².